The summed E-state index contributed by atoms with van der Waals surface area (Å²) in [6.07, 6.45) is 6.36. The molecule has 1 rings (SSSR count). The molecule has 2 atom stereocenters. The minimum atomic E-state index is -0.0174. The van der Waals surface area contributed by atoms with E-state index in [-0.39, 0.29) is 5.60 Å². The Balaban J connectivity index is 2.66. The quantitative estimate of drug-likeness (QED) is 0.644. The van der Waals surface area contributed by atoms with Crippen LogP contribution in [0.4, 0.5) is 0 Å². The molecule has 0 saturated heterocycles. The van der Waals surface area contributed by atoms with E-state index in [4.69, 9.17) is 10.5 Å². The van der Waals surface area contributed by atoms with Crippen molar-refractivity contribution in [3.05, 3.63) is 0 Å². The summed E-state index contributed by atoms with van der Waals surface area (Å²) < 4.78 is 5.60. The summed E-state index contributed by atoms with van der Waals surface area (Å²) >= 11 is 0. The average molecular weight is 171 g/mol. The van der Waals surface area contributed by atoms with Crippen LogP contribution in [0.25, 0.3) is 0 Å². The Morgan fingerprint density at radius 3 is 2.75 bits per heavy atom. The Morgan fingerprint density at radius 1 is 1.42 bits per heavy atom. The SMILES string of the molecule is COC1(CN)CCCCCC1C. The minimum absolute atomic E-state index is 0.0174. The summed E-state index contributed by atoms with van der Waals surface area (Å²) in [5.74, 6) is 0.620. The highest BCUT2D eigenvalue weighted by Crippen LogP contribution is 2.33. The van der Waals surface area contributed by atoms with E-state index < -0.39 is 0 Å². The molecule has 0 amide bonds. The smallest absolute Gasteiger partial charge is 0.0825 e. The van der Waals surface area contributed by atoms with Gasteiger partial charge in [0, 0.05) is 13.7 Å². The average Bonchev–Trinajstić information content (AvgIpc) is 2.28. The van der Waals surface area contributed by atoms with E-state index >= 15 is 0 Å². The number of nitrogens with two attached hydrogens (primary N) is 1. The third-order valence-electron chi connectivity index (χ3n) is 3.39. The molecule has 72 valence electrons. The zero-order valence-electron chi connectivity index (χ0n) is 8.31. The largest absolute Gasteiger partial charge is 0.377 e. The third-order valence-corrected chi connectivity index (χ3v) is 3.39. The van der Waals surface area contributed by atoms with Gasteiger partial charge in [-0.1, -0.05) is 26.2 Å². The molecule has 0 heterocycles. The zero-order valence-corrected chi connectivity index (χ0v) is 8.31. The monoisotopic (exact) mass is 171 g/mol. The Hall–Kier alpha value is -0.0800. The van der Waals surface area contributed by atoms with Crippen LogP contribution in [0.3, 0.4) is 0 Å². The van der Waals surface area contributed by atoms with Crippen molar-refractivity contribution in [1.82, 2.24) is 0 Å². The normalized spacial score (nSPS) is 37.8. The fourth-order valence-electron chi connectivity index (χ4n) is 2.25. The van der Waals surface area contributed by atoms with Gasteiger partial charge in [0.2, 0.25) is 0 Å². The summed E-state index contributed by atoms with van der Waals surface area (Å²) in [7, 11) is 1.80. The second-order valence-corrected chi connectivity index (χ2v) is 3.97. The van der Waals surface area contributed by atoms with Gasteiger partial charge in [-0.05, 0) is 18.8 Å². The zero-order chi connectivity index (χ0) is 9.03. The van der Waals surface area contributed by atoms with Gasteiger partial charge in [-0.15, -0.1) is 0 Å². The van der Waals surface area contributed by atoms with E-state index in [0.29, 0.717) is 12.5 Å². The van der Waals surface area contributed by atoms with Crippen LogP contribution in [0, 0.1) is 5.92 Å². The first kappa shape index (κ1) is 10.0. The Labute approximate surface area is 75.5 Å². The summed E-state index contributed by atoms with van der Waals surface area (Å²) in [5.41, 5.74) is 5.77. The number of rotatable bonds is 2. The molecule has 1 aliphatic carbocycles. The number of methoxy groups -OCH3 is 1. The van der Waals surface area contributed by atoms with Crippen LogP contribution < -0.4 is 5.73 Å². The van der Waals surface area contributed by atoms with Crippen molar-refractivity contribution in [2.24, 2.45) is 11.7 Å². The van der Waals surface area contributed by atoms with Gasteiger partial charge in [-0.2, -0.15) is 0 Å². The van der Waals surface area contributed by atoms with Crippen LogP contribution in [0.2, 0.25) is 0 Å². The number of ether oxygens (including phenoxy) is 1. The van der Waals surface area contributed by atoms with Gasteiger partial charge in [-0.3, -0.25) is 0 Å². The molecule has 0 radical (unpaired) electrons. The highest BCUT2D eigenvalue weighted by Gasteiger charge is 2.35. The van der Waals surface area contributed by atoms with Crippen molar-refractivity contribution in [1.29, 1.82) is 0 Å². The minimum Gasteiger partial charge on any atom is -0.377 e. The topological polar surface area (TPSA) is 35.2 Å². The van der Waals surface area contributed by atoms with E-state index in [9.17, 15) is 0 Å². The molecule has 2 N–H and O–H groups in total. The lowest BCUT2D eigenvalue weighted by Gasteiger charge is -2.35. The van der Waals surface area contributed by atoms with Crippen molar-refractivity contribution in [3.8, 4) is 0 Å². The summed E-state index contributed by atoms with van der Waals surface area (Å²) in [4.78, 5) is 0. The van der Waals surface area contributed by atoms with Crippen molar-refractivity contribution in [2.75, 3.05) is 13.7 Å². The maximum Gasteiger partial charge on any atom is 0.0825 e. The summed E-state index contributed by atoms with van der Waals surface area (Å²) in [6, 6.07) is 0. The van der Waals surface area contributed by atoms with Crippen molar-refractivity contribution < 1.29 is 4.74 Å². The maximum atomic E-state index is 5.78. The number of hydrogen-bond donors (Lipinski definition) is 1. The third kappa shape index (κ3) is 1.80. The molecule has 12 heavy (non-hydrogen) atoms. The van der Waals surface area contributed by atoms with Gasteiger partial charge < -0.3 is 10.5 Å². The van der Waals surface area contributed by atoms with Crippen LogP contribution in [0.5, 0.6) is 0 Å². The van der Waals surface area contributed by atoms with Crippen LogP contribution in [0.1, 0.15) is 39.0 Å². The Morgan fingerprint density at radius 2 is 2.17 bits per heavy atom. The lowest BCUT2D eigenvalue weighted by molar-refractivity contribution is -0.0503. The molecule has 0 spiro atoms. The maximum absolute atomic E-state index is 5.78. The fraction of sp³-hybridized carbons (Fsp3) is 1.00. The van der Waals surface area contributed by atoms with Crippen molar-refractivity contribution in [2.45, 2.75) is 44.6 Å². The Kier molecular flexibility index (Phi) is 3.53. The van der Waals surface area contributed by atoms with E-state index in [0.717, 1.165) is 6.42 Å². The molecule has 0 aromatic heterocycles. The van der Waals surface area contributed by atoms with E-state index in [1.54, 1.807) is 7.11 Å². The van der Waals surface area contributed by atoms with Gasteiger partial charge in [-0.25, -0.2) is 0 Å². The first-order valence-corrected chi connectivity index (χ1v) is 5.00. The predicted octanol–water partition coefficient (Wildman–Crippen LogP) is 1.93. The van der Waals surface area contributed by atoms with Gasteiger partial charge in [0.15, 0.2) is 0 Å². The standard InChI is InChI=1S/C10H21NO/c1-9-6-4-3-5-7-10(9,8-11)12-2/h9H,3-8,11H2,1-2H3. The first-order valence-electron chi connectivity index (χ1n) is 5.00. The van der Waals surface area contributed by atoms with Crippen LogP contribution >= 0.6 is 0 Å². The highest BCUT2D eigenvalue weighted by molar-refractivity contribution is 4.88. The second-order valence-electron chi connectivity index (χ2n) is 3.97. The molecule has 1 saturated carbocycles. The lowest BCUT2D eigenvalue weighted by atomic mass is 9.84. The van der Waals surface area contributed by atoms with Crippen LogP contribution in [-0.4, -0.2) is 19.3 Å². The summed E-state index contributed by atoms with van der Waals surface area (Å²) in [6.45, 7) is 2.94. The van der Waals surface area contributed by atoms with Crippen molar-refractivity contribution >= 4 is 0 Å². The second kappa shape index (κ2) is 4.24. The molecule has 2 unspecified atom stereocenters. The molecular formula is C10H21NO. The molecule has 2 heteroatoms. The molecule has 2 nitrogen and oxygen atoms in total. The van der Waals surface area contributed by atoms with E-state index in [1.807, 2.05) is 0 Å². The van der Waals surface area contributed by atoms with Crippen LogP contribution in [0.15, 0.2) is 0 Å². The first-order chi connectivity index (χ1) is 5.75. The molecule has 0 aromatic rings. The van der Waals surface area contributed by atoms with E-state index in [2.05, 4.69) is 6.92 Å². The molecular weight excluding hydrogens is 150 g/mol. The molecule has 0 bridgehead atoms. The number of hydrogen-bond acceptors (Lipinski definition) is 2. The van der Waals surface area contributed by atoms with Gasteiger partial charge in [0.05, 0.1) is 5.60 Å². The van der Waals surface area contributed by atoms with Crippen molar-refractivity contribution in [3.63, 3.8) is 0 Å². The Bertz CT molecular complexity index is 132. The lowest BCUT2D eigenvalue weighted by Crippen LogP contribution is -2.45. The molecule has 1 fully saturated rings. The van der Waals surface area contributed by atoms with Crippen LogP contribution in [-0.2, 0) is 4.74 Å². The van der Waals surface area contributed by atoms with Gasteiger partial charge in [0.25, 0.3) is 0 Å². The predicted molar refractivity (Wildman–Crippen MR) is 51.0 cm³/mol. The fourth-order valence-corrected chi connectivity index (χ4v) is 2.25. The highest BCUT2D eigenvalue weighted by atomic mass is 16.5. The molecule has 0 aliphatic heterocycles. The molecule has 1 aliphatic rings. The summed E-state index contributed by atoms with van der Waals surface area (Å²) in [5, 5.41) is 0. The van der Waals surface area contributed by atoms with Gasteiger partial charge >= 0.3 is 0 Å². The van der Waals surface area contributed by atoms with Gasteiger partial charge in [0.1, 0.15) is 0 Å². The van der Waals surface area contributed by atoms with E-state index in [1.165, 1.54) is 25.7 Å². The molecule has 0 aromatic carbocycles.